The van der Waals surface area contributed by atoms with E-state index >= 15 is 0 Å². The molecule has 0 aliphatic carbocycles. The number of nitrogens with one attached hydrogen (secondary N) is 1. The Morgan fingerprint density at radius 1 is 1.19 bits per heavy atom. The van der Waals surface area contributed by atoms with E-state index in [1.54, 1.807) is 17.0 Å². The van der Waals surface area contributed by atoms with Crippen LogP contribution >= 0.6 is 0 Å². The number of urea groups is 1. The predicted molar refractivity (Wildman–Crippen MR) is 80.4 cm³/mol. The van der Waals surface area contributed by atoms with E-state index in [0.29, 0.717) is 24.5 Å². The molecule has 0 aromatic heterocycles. The van der Waals surface area contributed by atoms with Gasteiger partial charge in [-0.15, -0.1) is 0 Å². The van der Waals surface area contributed by atoms with E-state index in [-0.39, 0.29) is 11.8 Å². The monoisotopic (exact) mass is 285 g/mol. The summed E-state index contributed by atoms with van der Waals surface area (Å²) in [5.41, 5.74) is 9.22. The van der Waals surface area contributed by atoms with E-state index in [2.05, 4.69) is 5.32 Å². The number of nitrogen functional groups attached to an aromatic ring is 1. The van der Waals surface area contributed by atoms with Crippen LogP contribution < -0.4 is 11.1 Å². The number of nitrogens with two attached hydrogens (primary N) is 1. The first-order valence-corrected chi connectivity index (χ1v) is 6.80. The smallest absolute Gasteiger partial charge is 0.322 e. The molecular weight excluding hydrogens is 269 g/mol. The molecule has 108 valence electrons. The maximum absolute atomic E-state index is 13.1. The number of rotatable bonds is 1. The quantitative estimate of drug-likeness (QED) is 0.791. The fourth-order valence-corrected chi connectivity index (χ4v) is 2.52. The highest BCUT2D eigenvalue weighted by Crippen LogP contribution is 2.22. The molecule has 3 rings (SSSR count). The Morgan fingerprint density at radius 2 is 2.05 bits per heavy atom. The SMILES string of the molecule is Nc1ccc2c(c1)CN(C(=O)Nc1cccc(F)c1)CC2. The van der Waals surface area contributed by atoms with Crippen LogP contribution in [-0.4, -0.2) is 17.5 Å². The van der Waals surface area contributed by atoms with Crippen LogP contribution in [0, 0.1) is 5.82 Å². The van der Waals surface area contributed by atoms with Crippen LogP contribution in [0.2, 0.25) is 0 Å². The van der Waals surface area contributed by atoms with Gasteiger partial charge in [0, 0.05) is 24.5 Å². The molecule has 0 unspecified atom stereocenters. The van der Waals surface area contributed by atoms with Gasteiger partial charge in [-0.3, -0.25) is 0 Å². The van der Waals surface area contributed by atoms with Crippen LogP contribution in [0.3, 0.4) is 0 Å². The minimum atomic E-state index is -0.371. The van der Waals surface area contributed by atoms with Crippen LogP contribution in [0.15, 0.2) is 42.5 Å². The molecule has 0 spiro atoms. The first-order valence-electron chi connectivity index (χ1n) is 6.80. The molecule has 0 radical (unpaired) electrons. The van der Waals surface area contributed by atoms with Gasteiger partial charge in [-0.1, -0.05) is 12.1 Å². The van der Waals surface area contributed by atoms with E-state index in [9.17, 15) is 9.18 Å². The predicted octanol–water partition coefficient (Wildman–Crippen LogP) is 3.00. The lowest BCUT2D eigenvalue weighted by atomic mass is 9.99. The Balaban J connectivity index is 1.72. The number of halogens is 1. The molecular formula is C16H16FN3O. The van der Waals surface area contributed by atoms with Gasteiger partial charge >= 0.3 is 6.03 Å². The summed E-state index contributed by atoms with van der Waals surface area (Å²) in [6, 6.07) is 11.4. The fraction of sp³-hybridized carbons (Fsp3) is 0.188. The fourth-order valence-electron chi connectivity index (χ4n) is 2.52. The summed E-state index contributed by atoms with van der Waals surface area (Å²) >= 11 is 0. The highest BCUT2D eigenvalue weighted by atomic mass is 19.1. The topological polar surface area (TPSA) is 58.4 Å². The Bertz CT molecular complexity index is 687. The van der Waals surface area contributed by atoms with Crippen molar-refractivity contribution in [1.82, 2.24) is 4.90 Å². The van der Waals surface area contributed by atoms with Gasteiger partial charge in [0.25, 0.3) is 0 Å². The van der Waals surface area contributed by atoms with Crippen molar-refractivity contribution in [2.75, 3.05) is 17.6 Å². The summed E-state index contributed by atoms with van der Waals surface area (Å²) in [6.07, 6.45) is 0.798. The number of fused-ring (bicyclic) bond motifs is 1. The average Bonchev–Trinajstić information content (AvgIpc) is 2.46. The van der Waals surface area contributed by atoms with E-state index < -0.39 is 0 Å². The number of nitrogens with zero attached hydrogens (tertiary/aromatic N) is 1. The van der Waals surface area contributed by atoms with E-state index in [1.165, 1.54) is 17.7 Å². The van der Waals surface area contributed by atoms with Gasteiger partial charge in [0.1, 0.15) is 5.82 Å². The van der Waals surface area contributed by atoms with Crippen molar-refractivity contribution in [3.63, 3.8) is 0 Å². The van der Waals surface area contributed by atoms with E-state index in [4.69, 9.17) is 5.73 Å². The molecule has 0 bridgehead atoms. The second-order valence-corrected chi connectivity index (χ2v) is 5.14. The zero-order chi connectivity index (χ0) is 14.8. The standard InChI is InChI=1S/C16H16FN3O/c17-13-2-1-3-15(9-13)19-16(21)20-7-6-11-4-5-14(18)8-12(11)10-20/h1-5,8-9H,6-7,10,18H2,(H,19,21). The number of hydrogen-bond donors (Lipinski definition) is 2. The van der Waals surface area contributed by atoms with Gasteiger partial charge in [-0.25, -0.2) is 9.18 Å². The number of hydrogen-bond acceptors (Lipinski definition) is 2. The lowest BCUT2D eigenvalue weighted by molar-refractivity contribution is 0.206. The Hall–Kier alpha value is -2.56. The summed E-state index contributed by atoms with van der Waals surface area (Å²) in [7, 11) is 0. The third-order valence-corrected chi connectivity index (χ3v) is 3.61. The lowest BCUT2D eigenvalue weighted by Crippen LogP contribution is -2.38. The van der Waals surface area contributed by atoms with Crippen molar-refractivity contribution in [1.29, 1.82) is 0 Å². The summed E-state index contributed by atoms with van der Waals surface area (Å²) in [4.78, 5) is 13.9. The van der Waals surface area contributed by atoms with Crippen molar-refractivity contribution in [2.24, 2.45) is 0 Å². The lowest BCUT2D eigenvalue weighted by Gasteiger charge is -2.29. The van der Waals surface area contributed by atoms with Crippen LogP contribution in [0.5, 0.6) is 0 Å². The van der Waals surface area contributed by atoms with Crippen molar-refractivity contribution < 1.29 is 9.18 Å². The maximum Gasteiger partial charge on any atom is 0.322 e. The molecule has 0 saturated carbocycles. The Labute approximate surface area is 122 Å². The molecule has 2 amide bonds. The number of amides is 2. The maximum atomic E-state index is 13.1. The highest BCUT2D eigenvalue weighted by molar-refractivity contribution is 5.89. The number of benzene rings is 2. The third-order valence-electron chi connectivity index (χ3n) is 3.61. The second-order valence-electron chi connectivity index (χ2n) is 5.14. The minimum absolute atomic E-state index is 0.228. The second kappa shape index (κ2) is 5.44. The van der Waals surface area contributed by atoms with Crippen molar-refractivity contribution >= 4 is 17.4 Å². The molecule has 2 aromatic rings. The Kier molecular flexibility index (Phi) is 3.48. The largest absolute Gasteiger partial charge is 0.399 e. The molecule has 21 heavy (non-hydrogen) atoms. The van der Waals surface area contributed by atoms with Crippen molar-refractivity contribution in [2.45, 2.75) is 13.0 Å². The van der Waals surface area contributed by atoms with Gasteiger partial charge < -0.3 is 16.0 Å². The van der Waals surface area contributed by atoms with Gasteiger partial charge in [0.2, 0.25) is 0 Å². The molecule has 5 heteroatoms. The first-order chi connectivity index (χ1) is 10.1. The van der Waals surface area contributed by atoms with Crippen molar-refractivity contribution in [3.8, 4) is 0 Å². The van der Waals surface area contributed by atoms with Crippen molar-refractivity contribution in [3.05, 3.63) is 59.4 Å². The molecule has 1 aliphatic rings. The Morgan fingerprint density at radius 3 is 2.86 bits per heavy atom. The molecule has 0 fully saturated rings. The van der Waals surface area contributed by atoms with E-state index in [0.717, 1.165) is 12.0 Å². The number of carbonyl (C=O) groups is 1. The number of carbonyl (C=O) groups excluding carboxylic acids is 1. The summed E-state index contributed by atoms with van der Waals surface area (Å²) in [6.45, 7) is 1.15. The van der Waals surface area contributed by atoms with E-state index in [1.807, 2.05) is 18.2 Å². The molecule has 1 heterocycles. The van der Waals surface area contributed by atoms with Gasteiger partial charge in [0.05, 0.1) is 0 Å². The molecule has 3 N–H and O–H groups in total. The van der Waals surface area contributed by atoms with Gasteiger partial charge in [-0.05, 0) is 47.9 Å². The third kappa shape index (κ3) is 2.97. The highest BCUT2D eigenvalue weighted by Gasteiger charge is 2.20. The zero-order valence-electron chi connectivity index (χ0n) is 11.5. The first kappa shape index (κ1) is 13.4. The molecule has 4 nitrogen and oxygen atoms in total. The van der Waals surface area contributed by atoms with Gasteiger partial charge in [0.15, 0.2) is 0 Å². The van der Waals surface area contributed by atoms with Crippen LogP contribution in [0.1, 0.15) is 11.1 Å². The summed E-state index contributed by atoms with van der Waals surface area (Å²) in [5.74, 6) is -0.371. The normalized spacial score (nSPS) is 13.7. The van der Waals surface area contributed by atoms with Crippen LogP contribution in [-0.2, 0) is 13.0 Å². The average molecular weight is 285 g/mol. The summed E-state index contributed by atoms with van der Waals surface area (Å²) in [5, 5.41) is 2.71. The zero-order valence-corrected chi connectivity index (χ0v) is 11.5. The molecule has 0 atom stereocenters. The molecule has 2 aromatic carbocycles. The molecule has 0 saturated heterocycles. The van der Waals surface area contributed by atoms with Crippen LogP contribution in [0.4, 0.5) is 20.6 Å². The van der Waals surface area contributed by atoms with Gasteiger partial charge in [-0.2, -0.15) is 0 Å². The summed E-state index contributed by atoms with van der Waals surface area (Å²) < 4.78 is 13.1. The minimum Gasteiger partial charge on any atom is -0.399 e. The molecule has 1 aliphatic heterocycles. The number of anilines is 2. The van der Waals surface area contributed by atoms with Crippen LogP contribution in [0.25, 0.3) is 0 Å².